The van der Waals surface area contributed by atoms with Crippen LogP contribution in [0.1, 0.15) is 25.8 Å². The van der Waals surface area contributed by atoms with E-state index in [-0.39, 0.29) is 0 Å². The summed E-state index contributed by atoms with van der Waals surface area (Å²) >= 11 is 0. The molecule has 128 valence electrons. The van der Waals surface area contributed by atoms with E-state index in [1.807, 2.05) is 43.3 Å². The zero-order chi connectivity index (χ0) is 19.2. The first kappa shape index (κ1) is 25.8. The Hall–Kier alpha value is -3.12. The predicted octanol–water partition coefficient (Wildman–Crippen LogP) is 5.81. The molecule has 1 aromatic rings. The van der Waals surface area contributed by atoms with Crippen molar-refractivity contribution < 1.29 is 9.90 Å². The molecule has 0 aliphatic rings. The Morgan fingerprint density at radius 3 is 1.79 bits per heavy atom. The van der Waals surface area contributed by atoms with Gasteiger partial charge in [0.25, 0.3) is 0 Å². The second-order valence-electron chi connectivity index (χ2n) is 4.02. The maximum Gasteiger partial charge on any atom is 0.330 e. The van der Waals surface area contributed by atoms with E-state index in [4.69, 9.17) is 10.4 Å². The Kier molecular flexibility index (Phi) is 23.8. The maximum atomic E-state index is 10.0. The first-order valence-electron chi connectivity index (χ1n) is 7.26. The molecule has 3 nitrogen and oxygen atoms in total. The minimum Gasteiger partial charge on any atom is -0.478 e. The van der Waals surface area contributed by atoms with Gasteiger partial charge in [0.2, 0.25) is 0 Å². The number of hydrogen-bond donors (Lipinski definition) is 1. The molecule has 0 aliphatic carbocycles. The van der Waals surface area contributed by atoms with E-state index < -0.39 is 5.97 Å². The van der Waals surface area contributed by atoms with E-state index in [0.717, 1.165) is 6.42 Å². The van der Waals surface area contributed by atoms with Gasteiger partial charge in [0.05, 0.1) is 6.07 Å². The summed E-state index contributed by atoms with van der Waals surface area (Å²) in [7, 11) is 0. The number of carboxylic acids is 1. The summed E-state index contributed by atoms with van der Waals surface area (Å²) in [5.41, 5.74) is 1.60. The summed E-state index contributed by atoms with van der Waals surface area (Å²) in [6.45, 7) is 17.0. The van der Waals surface area contributed by atoms with Crippen molar-refractivity contribution in [3.63, 3.8) is 0 Å². The number of benzene rings is 1. The number of allylic oxidation sites excluding steroid dienone is 4. The predicted molar refractivity (Wildman–Crippen MR) is 104 cm³/mol. The largest absolute Gasteiger partial charge is 0.478 e. The van der Waals surface area contributed by atoms with E-state index in [1.165, 1.54) is 11.6 Å². The van der Waals surface area contributed by atoms with Crippen molar-refractivity contribution in [2.24, 2.45) is 0 Å². The van der Waals surface area contributed by atoms with Gasteiger partial charge in [0, 0.05) is 11.6 Å². The topological polar surface area (TPSA) is 61.1 Å². The molecule has 0 radical (unpaired) electrons. The van der Waals surface area contributed by atoms with Crippen LogP contribution in [0.2, 0.25) is 0 Å². The van der Waals surface area contributed by atoms with Crippen LogP contribution < -0.4 is 0 Å². The highest BCUT2D eigenvalue weighted by Gasteiger charge is 1.94. The van der Waals surface area contributed by atoms with Crippen LogP contribution in [0.4, 0.5) is 0 Å². The van der Waals surface area contributed by atoms with E-state index in [1.54, 1.807) is 31.2 Å². The number of aliphatic carboxylic acids is 1. The lowest BCUT2D eigenvalue weighted by atomic mass is 10.2. The van der Waals surface area contributed by atoms with Gasteiger partial charge in [0.15, 0.2) is 0 Å². The van der Waals surface area contributed by atoms with Crippen molar-refractivity contribution in [3.8, 4) is 6.07 Å². The number of carboxylic acid groups (broad SMARTS) is 1. The van der Waals surface area contributed by atoms with E-state index in [2.05, 4.69) is 26.3 Å². The summed E-state index contributed by atoms with van der Waals surface area (Å²) in [6, 6.07) is 11.7. The molecular formula is C21H27NO2. The molecule has 0 saturated heterocycles. The number of nitrogens with zero attached hydrogens (tertiary/aromatic N) is 1. The average molecular weight is 325 g/mol. The van der Waals surface area contributed by atoms with Crippen LogP contribution in [-0.4, -0.2) is 11.1 Å². The molecular weight excluding hydrogens is 298 g/mol. The molecule has 0 bridgehead atoms. The van der Waals surface area contributed by atoms with Crippen molar-refractivity contribution >= 4 is 12.0 Å². The van der Waals surface area contributed by atoms with Gasteiger partial charge in [-0.15, -0.1) is 0 Å². The van der Waals surface area contributed by atoms with Gasteiger partial charge in [0.1, 0.15) is 0 Å². The lowest BCUT2D eigenvalue weighted by Gasteiger charge is -1.87. The molecule has 24 heavy (non-hydrogen) atoms. The highest BCUT2D eigenvalue weighted by atomic mass is 16.4. The van der Waals surface area contributed by atoms with Crippen molar-refractivity contribution in [3.05, 3.63) is 92.1 Å². The number of nitriles is 1. The summed E-state index contributed by atoms with van der Waals surface area (Å²) in [4.78, 5) is 10.0. The van der Waals surface area contributed by atoms with Gasteiger partial charge in [-0.1, -0.05) is 87.9 Å². The molecule has 1 rings (SSSR count). The molecule has 0 heterocycles. The van der Waals surface area contributed by atoms with E-state index >= 15 is 0 Å². The average Bonchev–Trinajstić information content (AvgIpc) is 2.63. The Morgan fingerprint density at radius 1 is 1.17 bits per heavy atom. The zero-order valence-corrected chi connectivity index (χ0v) is 14.6. The lowest BCUT2D eigenvalue weighted by Crippen LogP contribution is -1.94. The lowest BCUT2D eigenvalue weighted by molar-refractivity contribution is -0.132. The Labute approximate surface area is 146 Å². The van der Waals surface area contributed by atoms with Gasteiger partial charge in [-0.2, -0.15) is 5.26 Å². The summed E-state index contributed by atoms with van der Waals surface area (Å²) in [5, 5.41) is 15.8. The normalized spacial score (nSPS) is 8.12. The monoisotopic (exact) mass is 325 g/mol. The molecule has 0 fully saturated rings. The van der Waals surface area contributed by atoms with Crippen molar-refractivity contribution in [1.82, 2.24) is 0 Å². The number of hydrogen-bond acceptors (Lipinski definition) is 2. The second kappa shape index (κ2) is 22.2. The minimum atomic E-state index is -0.827. The number of rotatable bonds is 4. The summed E-state index contributed by atoms with van der Waals surface area (Å²) in [6.07, 6.45) is 8.76. The Balaban J connectivity index is -0.000000260. The van der Waals surface area contributed by atoms with Crippen LogP contribution in [0.3, 0.4) is 0 Å². The zero-order valence-electron chi connectivity index (χ0n) is 14.6. The standard InChI is InChI=1S/C8H8.C6H10O2.C4H6.C3H3N/c1-2-8-6-4-3-5-7-8;1-3-4-5(2)6(7)8;1-3-4-2;1-2-3-4/h2-7H,1H2;4H,3H2,1-2H3,(H,7,8);3-4H,1-2H2;2H,1H2. The first-order chi connectivity index (χ1) is 11.4. The van der Waals surface area contributed by atoms with E-state index in [9.17, 15) is 4.79 Å². The fourth-order valence-electron chi connectivity index (χ4n) is 0.983. The molecule has 0 aliphatic heterocycles. The minimum absolute atomic E-state index is 0.424. The van der Waals surface area contributed by atoms with Crippen LogP contribution in [0.5, 0.6) is 0 Å². The number of carbonyl (C=O) groups is 1. The Morgan fingerprint density at radius 2 is 1.62 bits per heavy atom. The third-order valence-corrected chi connectivity index (χ3v) is 2.14. The van der Waals surface area contributed by atoms with Crippen LogP contribution >= 0.6 is 0 Å². The summed E-state index contributed by atoms with van der Waals surface area (Å²) in [5.74, 6) is -0.827. The molecule has 0 unspecified atom stereocenters. The molecule has 1 aromatic carbocycles. The van der Waals surface area contributed by atoms with Gasteiger partial charge < -0.3 is 5.11 Å². The van der Waals surface area contributed by atoms with Crippen LogP contribution in [-0.2, 0) is 4.79 Å². The molecule has 0 saturated carbocycles. The highest BCUT2D eigenvalue weighted by Crippen LogP contribution is 1.97. The summed E-state index contributed by atoms with van der Waals surface area (Å²) < 4.78 is 0. The SMILES string of the molecule is C=CC#N.C=CC=C.C=Cc1ccccc1.CCC=C(C)C(=O)O. The molecule has 1 N–H and O–H groups in total. The van der Waals surface area contributed by atoms with Gasteiger partial charge in [-0.3, -0.25) is 0 Å². The fraction of sp³-hybridized carbons (Fsp3) is 0.143. The second-order valence-corrected chi connectivity index (χ2v) is 4.02. The van der Waals surface area contributed by atoms with Gasteiger partial charge in [-0.25, -0.2) is 4.79 Å². The molecule has 0 spiro atoms. The van der Waals surface area contributed by atoms with E-state index in [0.29, 0.717) is 5.57 Å². The maximum absolute atomic E-state index is 10.0. The molecule has 3 heteroatoms. The first-order valence-corrected chi connectivity index (χ1v) is 7.26. The van der Waals surface area contributed by atoms with Crippen molar-refractivity contribution in [1.29, 1.82) is 5.26 Å². The third kappa shape index (κ3) is 23.9. The molecule has 0 aromatic heterocycles. The smallest absolute Gasteiger partial charge is 0.330 e. The molecule has 0 amide bonds. The van der Waals surface area contributed by atoms with Crippen molar-refractivity contribution in [2.45, 2.75) is 20.3 Å². The third-order valence-electron chi connectivity index (χ3n) is 2.14. The van der Waals surface area contributed by atoms with Gasteiger partial charge >= 0.3 is 5.97 Å². The highest BCUT2D eigenvalue weighted by molar-refractivity contribution is 5.85. The van der Waals surface area contributed by atoms with Crippen LogP contribution in [0, 0.1) is 11.3 Å². The van der Waals surface area contributed by atoms with Crippen LogP contribution in [0.15, 0.2) is 86.5 Å². The quantitative estimate of drug-likeness (QED) is 0.431. The Bertz CT molecular complexity index is 543. The van der Waals surface area contributed by atoms with Crippen molar-refractivity contribution in [2.75, 3.05) is 0 Å². The van der Waals surface area contributed by atoms with Gasteiger partial charge in [-0.05, 0) is 18.9 Å². The fourth-order valence-corrected chi connectivity index (χ4v) is 0.983. The van der Waals surface area contributed by atoms with Crippen LogP contribution in [0.25, 0.3) is 6.08 Å². The molecule has 0 atom stereocenters.